The maximum absolute atomic E-state index is 10.9. The molecule has 0 aliphatic heterocycles. The molecule has 0 aliphatic carbocycles. The maximum atomic E-state index is 10.9. The van der Waals surface area contributed by atoms with Gasteiger partial charge in [-0.25, -0.2) is 4.79 Å². The van der Waals surface area contributed by atoms with Crippen LogP contribution >= 0.6 is 0 Å². The molecule has 0 bridgehead atoms. The zero-order chi connectivity index (χ0) is 17.8. The van der Waals surface area contributed by atoms with Gasteiger partial charge in [0.1, 0.15) is 0 Å². The van der Waals surface area contributed by atoms with Crippen LogP contribution < -0.4 is 0 Å². The van der Waals surface area contributed by atoms with Crippen LogP contribution in [0.2, 0.25) is 0 Å². The number of carboxylic acids is 1. The summed E-state index contributed by atoms with van der Waals surface area (Å²) >= 11 is 0. The summed E-state index contributed by atoms with van der Waals surface area (Å²) in [6.07, 6.45) is 5.69. The minimum Gasteiger partial charge on any atom is -0.478 e. The second-order valence-electron chi connectivity index (χ2n) is 6.17. The van der Waals surface area contributed by atoms with Gasteiger partial charge in [-0.3, -0.25) is 4.90 Å². The fourth-order valence-electron chi connectivity index (χ4n) is 2.38. The Morgan fingerprint density at radius 2 is 1.92 bits per heavy atom. The third-order valence-electron chi connectivity index (χ3n) is 4.06. The van der Waals surface area contributed by atoms with Gasteiger partial charge in [0, 0.05) is 13.1 Å². The predicted octanol–water partition coefficient (Wildman–Crippen LogP) is 4.36. The number of unbranched alkanes of at least 4 members (excludes halogenated alkanes) is 2. The van der Waals surface area contributed by atoms with Gasteiger partial charge in [-0.05, 0) is 44.5 Å². The van der Waals surface area contributed by atoms with Crippen molar-refractivity contribution in [2.45, 2.75) is 46.6 Å². The average molecular weight is 333 g/mol. The summed E-state index contributed by atoms with van der Waals surface area (Å²) in [5.74, 6) is -0.880. The van der Waals surface area contributed by atoms with E-state index in [0.29, 0.717) is 18.8 Å². The highest BCUT2D eigenvalue weighted by molar-refractivity contribution is 5.87. The van der Waals surface area contributed by atoms with Crippen LogP contribution in [-0.2, 0) is 11.3 Å². The molecule has 0 aromatic heterocycles. The molecule has 24 heavy (non-hydrogen) atoms. The van der Waals surface area contributed by atoms with E-state index in [0.717, 1.165) is 25.2 Å². The highest BCUT2D eigenvalue weighted by Gasteiger charge is 2.08. The first-order valence-electron chi connectivity index (χ1n) is 8.81. The summed E-state index contributed by atoms with van der Waals surface area (Å²) in [5.41, 5.74) is 2.72. The molecule has 0 unspecified atom stereocenters. The van der Waals surface area contributed by atoms with Crippen LogP contribution in [-0.4, -0.2) is 42.3 Å². The van der Waals surface area contributed by atoms with E-state index in [1.807, 2.05) is 19.1 Å². The van der Waals surface area contributed by atoms with Crippen LogP contribution in [0.5, 0.6) is 0 Å². The van der Waals surface area contributed by atoms with Gasteiger partial charge in [0.05, 0.1) is 18.8 Å². The van der Waals surface area contributed by atoms with Gasteiger partial charge in [0.2, 0.25) is 0 Å². The number of allylic oxidation sites excluding steroid dienone is 1. The Morgan fingerprint density at radius 1 is 1.21 bits per heavy atom. The zero-order valence-corrected chi connectivity index (χ0v) is 15.3. The van der Waals surface area contributed by atoms with E-state index >= 15 is 0 Å². The molecule has 134 valence electrons. The molecule has 1 rings (SSSR count). The van der Waals surface area contributed by atoms with Gasteiger partial charge < -0.3 is 9.84 Å². The van der Waals surface area contributed by atoms with Gasteiger partial charge in [0.25, 0.3) is 0 Å². The SMILES string of the molecule is C/C=C(\C)COCCN(CCCCC)Cc1ccc(C(=O)O)cc1. The van der Waals surface area contributed by atoms with Gasteiger partial charge in [-0.15, -0.1) is 0 Å². The molecule has 0 spiro atoms. The molecule has 0 saturated heterocycles. The molecule has 0 atom stereocenters. The van der Waals surface area contributed by atoms with Crippen LogP contribution in [0, 0.1) is 0 Å². The van der Waals surface area contributed by atoms with Crippen molar-refractivity contribution >= 4 is 5.97 Å². The van der Waals surface area contributed by atoms with Crippen molar-refractivity contribution in [1.29, 1.82) is 0 Å². The molecule has 1 N–H and O–H groups in total. The minimum atomic E-state index is -0.880. The van der Waals surface area contributed by atoms with Crippen molar-refractivity contribution < 1.29 is 14.6 Å². The van der Waals surface area contributed by atoms with Gasteiger partial charge in [-0.2, -0.15) is 0 Å². The number of hydrogen-bond donors (Lipinski definition) is 1. The number of nitrogens with zero attached hydrogens (tertiary/aromatic N) is 1. The first kappa shape index (κ1) is 20.4. The zero-order valence-electron chi connectivity index (χ0n) is 15.3. The Labute approximate surface area is 146 Å². The number of carboxylic acid groups (broad SMARTS) is 1. The van der Waals surface area contributed by atoms with Crippen molar-refractivity contribution in [3.63, 3.8) is 0 Å². The van der Waals surface area contributed by atoms with E-state index in [2.05, 4.69) is 24.8 Å². The van der Waals surface area contributed by atoms with Crippen molar-refractivity contribution in [1.82, 2.24) is 4.90 Å². The van der Waals surface area contributed by atoms with Crippen LogP contribution in [0.15, 0.2) is 35.9 Å². The van der Waals surface area contributed by atoms with E-state index < -0.39 is 5.97 Å². The Kier molecular flexibility index (Phi) is 10.0. The third kappa shape index (κ3) is 8.27. The highest BCUT2D eigenvalue weighted by atomic mass is 16.5. The lowest BCUT2D eigenvalue weighted by atomic mass is 10.1. The van der Waals surface area contributed by atoms with Gasteiger partial charge in [-0.1, -0.05) is 43.5 Å². The molecule has 1 aromatic carbocycles. The van der Waals surface area contributed by atoms with E-state index in [1.165, 1.54) is 24.8 Å². The number of carbonyl (C=O) groups is 1. The Bertz CT molecular complexity index is 508. The van der Waals surface area contributed by atoms with Crippen LogP contribution in [0.25, 0.3) is 0 Å². The summed E-state index contributed by atoms with van der Waals surface area (Å²) < 4.78 is 5.72. The normalized spacial score (nSPS) is 11.9. The smallest absolute Gasteiger partial charge is 0.335 e. The highest BCUT2D eigenvalue weighted by Crippen LogP contribution is 2.09. The monoisotopic (exact) mass is 333 g/mol. The van der Waals surface area contributed by atoms with Crippen molar-refractivity contribution in [2.75, 3.05) is 26.3 Å². The van der Waals surface area contributed by atoms with Crippen LogP contribution in [0.4, 0.5) is 0 Å². The Hall–Kier alpha value is -1.65. The first-order valence-corrected chi connectivity index (χ1v) is 8.81. The van der Waals surface area contributed by atoms with Crippen LogP contribution in [0.3, 0.4) is 0 Å². The van der Waals surface area contributed by atoms with Gasteiger partial charge >= 0.3 is 5.97 Å². The van der Waals surface area contributed by atoms with E-state index in [1.54, 1.807) is 12.1 Å². The van der Waals surface area contributed by atoms with Crippen molar-refractivity contribution in [3.8, 4) is 0 Å². The van der Waals surface area contributed by atoms with Crippen molar-refractivity contribution in [3.05, 3.63) is 47.0 Å². The van der Waals surface area contributed by atoms with E-state index in [4.69, 9.17) is 9.84 Å². The topological polar surface area (TPSA) is 49.8 Å². The van der Waals surface area contributed by atoms with E-state index in [9.17, 15) is 4.79 Å². The standard InChI is InChI=1S/C20H31NO3/c1-4-6-7-12-21(13-14-24-16-17(3)5-2)15-18-8-10-19(11-9-18)20(22)23/h5,8-11H,4,6-7,12-16H2,1-3H3,(H,22,23)/b17-5+. The predicted molar refractivity (Wildman–Crippen MR) is 98.5 cm³/mol. The maximum Gasteiger partial charge on any atom is 0.335 e. The quantitative estimate of drug-likeness (QED) is 0.456. The van der Waals surface area contributed by atoms with E-state index in [-0.39, 0.29) is 0 Å². The number of hydrogen-bond acceptors (Lipinski definition) is 3. The number of aromatic carboxylic acids is 1. The summed E-state index contributed by atoms with van der Waals surface area (Å²) in [7, 11) is 0. The molecule has 0 radical (unpaired) electrons. The summed E-state index contributed by atoms with van der Waals surface area (Å²) in [6.45, 7) is 10.5. The van der Waals surface area contributed by atoms with Crippen molar-refractivity contribution in [2.24, 2.45) is 0 Å². The Morgan fingerprint density at radius 3 is 2.50 bits per heavy atom. The fourth-order valence-corrected chi connectivity index (χ4v) is 2.38. The molecule has 1 aromatic rings. The average Bonchev–Trinajstić information content (AvgIpc) is 2.58. The molecule has 0 fully saturated rings. The molecular formula is C20H31NO3. The molecule has 0 aliphatic rings. The molecule has 0 amide bonds. The largest absolute Gasteiger partial charge is 0.478 e. The minimum absolute atomic E-state index is 0.335. The first-order chi connectivity index (χ1) is 11.6. The molecular weight excluding hydrogens is 302 g/mol. The van der Waals surface area contributed by atoms with Gasteiger partial charge in [0.15, 0.2) is 0 Å². The summed E-state index contributed by atoms with van der Waals surface area (Å²) in [4.78, 5) is 13.3. The molecule has 4 nitrogen and oxygen atoms in total. The fraction of sp³-hybridized carbons (Fsp3) is 0.550. The second kappa shape index (κ2) is 11.8. The lowest BCUT2D eigenvalue weighted by Gasteiger charge is -2.22. The lowest BCUT2D eigenvalue weighted by molar-refractivity contribution is 0.0697. The third-order valence-corrected chi connectivity index (χ3v) is 4.06. The summed E-state index contributed by atoms with van der Waals surface area (Å²) in [6, 6.07) is 7.16. The lowest BCUT2D eigenvalue weighted by Crippen LogP contribution is -2.28. The molecule has 4 heteroatoms. The number of rotatable bonds is 12. The molecule has 0 saturated carbocycles. The molecule has 0 heterocycles. The number of ether oxygens (including phenoxy) is 1. The summed E-state index contributed by atoms with van der Waals surface area (Å²) in [5, 5.41) is 8.98. The number of benzene rings is 1. The Balaban J connectivity index is 2.52. The van der Waals surface area contributed by atoms with Crippen LogP contribution in [0.1, 0.15) is 56.0 Å². The second-order valence-corrected chi connectivity index (χ2v) is 6.17.